The third-order valence-electron chi connectivity index (χ3n) is 1.20. The molecule has 0 saturated carbocycles. The number of aromatic carboxylic acids is 1. The van der Waals surface area contributed by atoms with Crippen molar-refractivity contribution in [3.05, 3.63) is 23.8 Å². The van der Waals surface area contributed by atoms with Gasteiger partial charge in [0, 0.05) is 5.69 Å². The summed E-state index contributed by atoms with van der Waals surface area (Å²) in [5.74, 6) is -1.06. The van der Waals surface area contributed by atoms with E-state index < -0.39 is 5.97 Å². The van der Waals surface area contributed by atoms with E-state index in [1.165, 1.54) is 18.2 Å². The standard InChI is InChI=1S/C7H7N2O2/c8-5-1-4(7(10)11)2-6(9)3-5/h1-3,8H,9H2,(H,10,11). The van der Waals surface area contributed by atoms with Crippen LogP contribution in [0.2, 0.25) is 0 Å². The lowest BCUT2D eigenvalue weighted by Crippen LogP contribution is -1.97. The molecule has 0 heterocycles. The van der Waals surface area contributed by atoms with Crippen LogP contribution in [0.5, 0.6) is 0 Å². The maximum absolute atomic E-state index is 10.4. The van der Waals surface area contributed by atoms with E-state index >= 15 is 0 Å². The highest BCUT2D eigenvalue weighted by Gasteiger charge is 2.03. The number of nitrogens with two attached hydrogens (primary N) is 1. The molecule has 0 saturated heterocycles. The van der Waals surface area contributed by atoms with E-state index in [1.807, 2.05) is 0 Å². The number of rotatable bonds is 1. The number of hydrogen-bond acceptors (Lipinski definition) is 2. The Morgan fingerprint density at radius 1 is 1.45 bits per heavy atom. The van der Waals surface area contributed by atoms with E-state index in [2.05, 4.69) is 0 Å². The van der Waals surface area contributed by atoms with Gasteiger partial charge in [-0.25, -0.2) is 4.79 Å². The minimum absolute atomic E-state index is 0.0509. The second kappa shape index (κ2) is 2.49. The average Bonchev–Trinajstić information content (AvgIpc) is 1.85. The van der Waals surface area contributed by atoms with E-state index in [4.69, 9.17) is 16.6 Å². The molecule has 0 unspecified atom stereocenters. The van der Waals surface area contributed by atoms with E-state index in [-0.39, 0.29) is 11.3 Å². The number of carboxylic acid groups (broad SMARTS) is 1. The molecule has 4 heteroatoms. The highest BCUT2D eigenvalue weighted by molar-refractivity contribution is 5.89. The van der Waals surface area contributed by atoms with Crippen LogP contribution in [0.15, 0.2) is 18.2 Å². The van der Waals surface area contributed by atoms with Crippen LogP contribution in [0.1, 0.15) is 10.4 Å². The summed E-state index contributed by atoms with van der Waals surface area (Å²) in [7, 11) is 0. The molecule has 0 aliphatic heterocycles. The Bertz CT molecular complexity index is 276. The second-order valence-electron chi connectivity index (χ2n) is 2.15. The summed E-state index contributed by atoms with van der Waals surface area (Å²) in [5, 5.41) is 8.49. The molecule has 0 spiro atoms. The minimum atomic E-state index is -1.06. The van der Waals surface area contributed by atoms with Crippen LogP contribution < -0.4 is 11.5 Å². The van der Waals surface area contributed by atoms with Gasteiger partial charge in [0.25, 0.3) is 0 Å². The van der Waals surface area contributed by atoms with E-state index in [0.29, 0.717) is 5.69 Å². The fourth-order valence-corrected chi connectivity index (χ4v) is 0.775. The third kappa shape index (κ3) is 1.61. The number of carbonyl (C=O) groups is 1. The van der Waals surface area contributed by atoms with Crippen molar-refractivity contribution in [2.24, 2.45) is 0 Å². The third-order valence-corrected chi connectivity index (χ3v) is 1.20. The molecule has 0 aliphatic rings. The van der Waals surface area contributed by atoms with Gasteiger partial charge in [0.05, 0.1) is 11.3 Å². The van der Waals surface area contributed by atoms with Crippen LogP contribution in [0, 0.1) is 0 Å². The van der Waals surface area contributed by atoms with Crippen LogP contribution in [-0.2, 0) is 0 Å². The van der Waals surface area contributed by atoms with Crippen molar-refractivity contribution >= 4 is 17.3 Å². The van der Waals surface area contributed by atoms with Gasteiger partial charge < -0.3 is 16.6 Å². The van der Waals surface area contributed by atoms with Gasteiger partial charge in [-0.3, -0.25) is 0 Å². The van der Waals surface area contributed by atoms with Crippen molar-refractivity contribution < 1.29 is 9.90 Å². The maximum atomic E-state index is 10.4. The van der Waals surface area contributed by atoms with Crippen molar-refractivity contribution in [1.82, 2.24) is 5.73 Å². The molecule has 0 amide bonds. The molecule has 4 N–H and O–H groups in total. The summed E-state index contributed by atoms with van der Waals surface area (Å²) in [4.78, 5) is 10.4. The fourth-order valence-electron chi connectivity index (χ4n) is 0.775. The topological polar surface area (TPSA) is 87.1 Å². The average molecular weight is 151 g/mol. The molecule has 1 aromatic rings. The van der Waals surface area contributed by atoms with Crippen molar-refractivity contribution in [3.63, 3.8) is 0 Å². The highest BCUT2D eigenvalue weighted by atomic mass is 16.4. The summed E-state index contributed by atoms with van der Waals surface area (Å²) < 4.78 is 0. The molecule has 0 aromatic heterocycles. The predicted octanol–water partition coefficient (Wildman–Crippen LogP) is 0.881. The van der Waals surface area contributed by atoms with Crippen molar-refractivity contribution in [1.29, 1.82) is 0 Å². The molecule has 0 bridgehead atoms. The molecule has 11 heavy (non-hydrogen) atoms. The number of nitrogen functional groups attached to an aromatic ring is 1. The summed E-state index contributed by atoms with van der Waals surface area (Å²) in [5.41, 5.74) is 12.9. The fraction of sp³-hybridized carbons (Fsp3) is 0. The van der Waals surface area contributed by atoms with Crippen LogP contribution in [0.3, 0.4) is 0 Å². The number of anilines is 1. The van der Waals surface area contributed by atoms with Crippen LogP contribution >= 0.6 is 0 Å². The van der Waals surface area contributed by atoms with Crippen molar-refractivity contribution in [3.8, 4) is 0 Å². The van der Waals surface area contributed by atoms with Crippen LogP contribution in [-0.4, -0.2) is 11.1 Å². The lowest BCUT2D eigenvalue weighted by molar-refractivity contribution is 0.0697. The Morgan fingerprint density at radius 3 is 2.55 bits per heavy atom. The Labute approximate surface area is 63.4 Å². The van der Waals surface area contributed by atoms with Crippen LogP contribution in [0.25, 0.3) is 0 Å². The number of benzene rings is 1. The summed E-state index contributed by atoms with van der Waals surface area (Å²) in [6, 6.07) is 3.96. The summed E-state index contributed by atoms with van der Waals surface area (Å²) in [6.45, 7) is 0. The number of nitrogens with one attached hydrogen (secondary N) is 1. The largest absolute Gasteiger partial charge is 0.478 e. The SMILES string of the molecule is [NH]c1cc(N)cc(C(=O)O)c1. The first-order valence-corrected chi connectivity index (χ1v) is 2.95. The first-order valence-electron chi connectivity index (χ1n) is 2.95. The second-order valence-corrected chi connectivity index (χ2v) is 2.15. The molecule has 0 fully saturated rings. The normalized spacial score (nSPS) is 9.45. The Balaban J connectivity index is 3.19. The van der Waals surface area contributed by atoms with E-state index in [1.54, 1.807) is 0 Å². The van der Waals surface area contributed by atoms with E-state index in [9.17, 15) is 4.79 Å². The van der Waals surface area contributed by atoms with Gasteiger partial charge in [-0.1, -0.05) is 0 Å². The first-order chi connectivity index (χ1) is 5.09. The maximum Gasteiger partial charge on any atom is 0.335 e. The Hall–Kier alpha value is -1.71. The van der Waals surface area contributed by atoms with Gasteiger partial charge in [0.1, 0.15) is 0 Å². The molecular weight excluding hydrogens is 144 g/mol. The Morgan fingerprint density at radius 2 is 2.09 bits per heavy atom. The van der Waals surface area contributed by atoms with Gasteiger partial charge in [-0.15, -0.1) is 0 Å². The highest BCUT2D eigenvalue weighted by Crippen LogP contribution is 2.14. The first kappa shape index (κ1) is 7.40. The van der Waals surface area contributed by atoms with Gasteiger partial charge in [-0.2, -0.15) is 0 Å². The molecule has 4 nitrogen and oxygen atoms in total. The molecule has 0 atom stereocenters. The van der Waals surface area contributed by atoms with Gasteiger partial charge in [-0.05, 0) is 18.2 Å². The molecule has 0 aliphatic carbocycles. The van der Waals surface area contributed by atoms with E-state index in [0.717, 1.165) is 0 Å². The number of hydrogen-bond donors (Lipinski definition) is 2. The van der Waals surface area contributed by atoms with Gasteiger partial charge in [0.2, 0.25) is 0 Å². The quantitative estimate of drug-likeness (QED) is 0.584. The van der Waals surface area contributed by atoms with Crippen molar-refractivity contribution in [2.75, 3.05) is 5.73 Å². The zero-order valence-electron chi connectivity index (χ0n) is 5.66. The lowest BCUT2D eigenvalue weighted by atomic mass is 10.2. The zero-order valence-corrected chi connectivity index (χ0v) is 5.66. The molecule has 1 aromatic carbocycles. The van der Waals surface area contributed by atoms with Gasteiger partial charge in [0.15, 0.2) is 0 Å². The summed E-state index contributed by atoms with van der Waals surface area (Å²) in [6.07, 6.45) is 0. The Kier molecular flexibility index (Phi) is 1.68. The molecular formula is C7H7N2O2. The molecule has 57 valence electrons. The zero-order chi connectivity index (χ0) is 8.43. The molecule has 1 rings (SSSR count). The lowest BCUT2D eigenvalue weighted by Gasteiger charge is -1.97. The van der Waals surface area contributed by atoms with Gasteiger partial charge >= 0.3 is 5.97 Å². The predicted molar refractivity (Wildman–Crippen MR) is 40.6 cm³/mol. The van der Waals surface area contributed by atoms with Crippen molar-refractivity contribution in [2.45, 2.75) is 0 Å². The summed E-state index contributed by atoms with van der Waals surface area (Å²) >= 11 is 0. The molecule has 1 radical (unpaired) electrons. The minimum Gasteiger partial charge on any atom is -0.478 e. The van der Waals surface area contributed by atoms with Crippen LogP contribution in [0.4, 0.5) is 11.4 Å². The smallest absolute Gasteiger partial charge is 0.335 e. The monoisotopic (exact) mass is 151 g/mol. The number of carboxylic acids is 1.